The van der Waals surface area contributed by atoms with Crippen LogP contribution < -0.4 is 4.74 Å². The van der Waals surface area contributed by atoms with Crippen molar-refractivity contribution in [2.75, 3.05) is 26.7 Å². The topological polar surface area (TPSA) is 52.9 Å². The Hall–Kier alpha value is -1.31. The molecule has 0 radical (unpaired) electrons. The molecule has 0 bridgehead atoms. The zero-order valence-corrected chi connectivity index (χ0v) is 12.0. The van der Waals surface area contributed by atoms with Gasteiger partial charge >= 0.3 is 6.18 Å². The minimum absolute atomic E-state index is 0.0287. The summed E-state index contributed by atoms with van der Waals surface area (Å²) in [6.07, 6.45) is -8.03. The van der Waals surface area contributed by atoms with Crippen LogP contribution in [0.3, 0.4) is 0 Å². The Morgan fingerprint density at radius 2 is 1.81 bits per heavy atom. The van der Waals surface area contributed by atoms with Gasteiger partial charge in [0.2, 0.25) is 0 Å². The SMILES string of the molecule is Cc1ccccc1OCC(O)CN(C)CC(O)C(F)(F)F. The van der Waals surface area contributed by atoms with Gasteiger partial charge in [0.05, 0.1) is 0 Å². The summed E-state index contributed by atoms with van der Waals surface area (Å²) < 4.78 is 42.0. The van der Waals surface area contributed by atoms with E-state index in [1.165, 1.54) is 11.9 Å². The van der Waals surface area contributed by atoms with Crippen LogP contribution in [0.1, 0.15) is 5.56 Å². The van der Waals surface area contributed by atoms with Gasteiger partial charge in [-0.05, 0) is 25.6 Å². The average Bonchev–Trinajstić information content (AvgIpc) is 2.36. The lowest BCUT2D eigenvalue weighted by atomic mass is 10.2. The number of aliphatic hydroxyl groups excluding tert-OH is 2. The molecule has 0 aromatic heterocycles. The molecule has 2 atom stereocenters. The lowest BCUT2D eigenvalue weighted by Gasteiger charge is -2.24. The molecule has 0 saturated heterocycles. The molecule has 0 spiro atoms. The molecule has 0 amide bonds. The smallest absolute Gasteiger partial charge is 0.415 e. The van der Waals surface area contributed by atoms with Crippen LogP contribution in [0.5, 0.6) is 5.75 Å². The van der Waals surface area contributed by atoms with Crippen LogP contribution in [0.25, 0.3) is 0 Å². The van der Waals surface area contributed by atoms with E-state index >= 15 is 0 Å². The van der Waals surface area contributed by atoms with Gasteiger partial charge in [-0.15, -0.1) is 0 Å². The van der Waals surface area contributed by atoms with Crippen molar-refractivity contribution in [2.24, 2.45) is 0 Å². The molecule has 120 valence electrons. The van der Waals surface area contributed by atoms with Gasteiger partial charge < -0.3 is 19.8 Å². The van der Waals surface area contributed by atoms with Crippen molar-refractivity contribution < 1.29 is 28.1 Å². The maximum absolute atomic E-state index is 12.2. The Labute approximate surface area is 121 Å². The van der Waals surface area contributed by atoms with Crippen LogP contribution in [0, 0.1) is 6.92 Å². The van der Waals surface area contributed by atoms with Crippen LogP contribution in [-0.4, -0.2) is 60.2 Å². The summed E-state index contributed by atoms with van der Waals surface area (Å²) in [7, 11) is 1.39. The summed E-state index contributed by atoms with van der Waals surface area (Å²) in [6, 6.07) is 7.25. The van der Waals surface area contributed by atoms with Gasteiger partial charge in [0, 0.05) is 13.1 Å². The maximum atomic E-state index is 12.2. The van der Waals surface area contributed by atoms with Crippen molar-refractivity contribution in [1.29, 1.82) is 0 Å². The first kappa shape index (κ1) is 17.7. The fourth-order valence-corrected chi connectivity index (χ4v) is 1.79. The summed E-state index contributed by atoms with van der Waals surface area (Å²) in [4.78, 5) is 1.21. The van der Waals surface area contributed by atoms with Gasteiger partial charge in [0.15, 0.2) is 6.10 Å². The first-order valence-corrected chi connectivity index (χ1v) is 6.50. The van der Waals surface area contributed by atoms with Crippen molar-refractivity contribution >= 4 is 0 Å². The predicted molar refractivity (Wildman–Crippen MR) is 72.2 cm³/mol. The molecule has 21 heavy (non-hydrogen) atoms. The number of halogens is 3. The molecule has 1 aromatic carbocycles. The highest BCUT2D eigenvalue weighted by Gasteiger charge is 2.38. The zero-order chi connectivity index (χ0) is 16.0. The quantitative estimate of drug-likeness (QED) is 0.803. The van der Waals surface area contributed by atoms with E-state index in [1.54, 1.807) is 12.1 Å². The summed E-state index contributed by atoms with van der Waals surface area (Å²) in [5.41, 5.74) is 0.908. The molecule has 1 rings (SSSR count). The number of likely N-dealkylation sites (N-methyl/N-ethyl adjacent to an activating group) is 1. The van der Waals surface area contributed by atoms with Gasteiger partial charge in [-0.3, -0.25) is 0 Å². The molecule has 2 N–H and O–H groups in total. The largest absolute Gasteiger partial charge is 0.491 e. The lowest BCUT2D eigenvalue weighted by Crippen LogP contribution is -2.42. The molecular weight excluding hydrogens is 287 g/mol. The number of aryl methyl sites for hydroxylation is 1. The summed E-state index contributed by atoms with van der Waals surface area (Å²) in [6.45, 7) is 1.20. The molecular formula is C14H20F3NO3. The number of nitrogens with zero attached hydrogens (tertiary/aromatic N) is 1. The Morgan fingerprint density at radius 1 is 1.19 bits per heavy atom. The summed E-state index contributed by atoms with van der Waals surface area (Å²) >= 11 is 0. The lowest BCUT2D eigenvalue weighted by molar-refractivity contribution is -0.208. The highest BCUT2D eigenvalue weighted by molar-refractivity contribution is 5.31. The van der Waals surface area contributed by atoms with E-state index in [4.69, 9.17) is 9.84 Å². The molecule has 7 heteroatoms. The second kappa shape index (κ2) is 7.63. The number of ether oxygens (including phenoxy) is 1. The van der Waals surface area contributed by atoms with Crippen LogP contribution in [0.4, 0.5) is 13.2 Å². The summed E-state index contributed by atoms with van der Waals surface area (Å²) in [5.74, 6) is 0.620. The number of para-hydroxylation sites is 1. The maximum Gasteiger partial charge on any atom is 0.415 e. The molecule has 0 aliphatic heterocycles. The van der Waals surface area contributed by atoms with E-state index in [9.17, 15) is 18.3 Å². The Kier molecular flexibility index (Phi) is 6.44. The van der Waals surface area contributed by atoms with E-state index in [0.29, 0.717) is 5.75 Å². The van der Waals surface area contributed by atoms with E-state index in [2.05, 4.69) is 0 Å². The third-order valence-corrected chi connectivity index (χ3v) is 2.91. The highest BCUT2D eigenvalue weighted by Crippen LogP contribution is 2.20. The van der Waals surface area contributed by atoms with E-state index < -0.39 is 24.9 Å². The normalized spacial score (nSPS) is 15.0. The molecule has 0 aliphatic carbocycles. The Morgan fingerprint density at radius 3 is 2.38 bits per heavy atom. The van der Waals surface area contributed by atoms with Crippen molar-refractivity contribution in [1.82, 2.24) is 4.90 Å². The fraction of sp³-hybridized carbons (Fsp3) is 0.571. The fourth-order valence-electron chi connectivity index (χ4n) is 1.79. The monoisotopic (exact) mass is 307 g/mol. The third-order valence-electron chi connectivity index (χ3n) is 2.91. The van der Waals surface area contributed by atoms with E-state index in [0.717, 1.165) is 5.56 Å². The highest BCUT2D eigenvalue weighted by atomic mass is 19.4. The number of alkyl halides is 3. The molecule has 2 unspecified atom stereocenters. The second-order valence-corrected chi connectivity index (χ2v) is 5.01. The van der Waals surface area contributed by atoms with E-state index in [-0.39, 0.29) is 13.2 Å². The van der Waals surface area contributed by atoms with Gasteiger partial charge in [0.1, 0.15) is 18.5 Å². The van der Waals surface area contributed by atoms with Crippen molar-refractivity contribution in [2.45, 2.75) is 25.3 Å². The van der Waals surface area contributed by atoms with Crippen LogP contribution in [-0.2, 0) is 0 Å². The molecule has 0 heterocycles. The molecule has 0 saturated carbocycles. The standard InChI is InChI=1S/C14H20F3NO3/c1-10-5-3-4-6-12(10)21-9-11(19)7-18(2)8-13(20)14(15,16)17/h3-6,11,13,19-20H,7-9H2,1-2H3. The Bertz CT molecular complexity index is 440. The van der Waals surface area contributed by atoms with Gasteiger partial charge in [0.25, 0.3) is 0 Å². The third kappa shape index (κ3) is 6.33. The molecule has 0 aliphatic rings. The first-order valence-electron chi connectivity index (χ1n) is 6.50. The molecule has 4 nitrogen and oxygen atoms in total. The molecule has 1 aromatic rings. The zero-order valence-electron chi connectivity index (χ0n) is 12.0. The number of aliphatic hydroxyl groups is 2. The number of hydrogen-bond acceptors (Lipinski definition) is 4. The Balaban J connectivity index is 2.36. The number of rotatable bonds is 7. The van der Waals surface area contributed by atoms with Gasteiger partial charge in [-0.2, -0.15) is 13.2 Å². The van der Waals surface area contributed by atoms with Gasteiger partial charge in [-0.1, -0.05) is 18.2 Å². The minimum atomic E-state index is -4.66. The number of hydrogen-bond donors (Lipinski definition) is 2. The van der Waals surface area contributed by atoms with Crippen molar-refractivity contribution in [3.63, 3.8) is 0 Å². The minimum Gasteiger partial charge on any atom is -0.491 e. The van der Waals surface area contributed by atoms with Crippen LogP contribution >= 0.6 is 0 Å². The van der Waals surface area contributed by atoms with E-state index in [1.807, 2.05) is 19.1 Å². The first-order chi connectivity index (χ1) is 9.70. The molecule has 0 fully saturated rings. The van der Waals surface area contributed by atoms with Crippen LogP contribution in [0.15, 0.2) is 24.3 Å². The second-order valence-electron chi connectivity index (χ2n) is 5.01. The summed E-state index contributed by atoms with van der Waals surface area (Å²) in [5, 5.41) is 18.7. The van der Waals surface area contributed by atoms with Crippen LogP contribution in [0.2, 0.25) is 0 Å². The van der Waals surface area contributed by atoms with Gasteiger partial charge in [-0.25, -0.2) is 0 Å². The van der Waals surface area contributed by atoms with Crippen molar-refractivity contribution in [3.8, 4) is 5.75 Å². The van der Waals surface area contributed by atoms with Crippen molar-refractivity contribution in [3.05, 3.63) is 29.8 Å². The predicted octanol–water partition coefficient (Wildman–Crippen LogP) is 1.59. The average molecular weight is 307 g/mol. The number of benzene rings is 1.